The molecule has 0 saturated heterocycles. The predicted octanol–water partition coefficient (Wildman–Crippen LogP) is 2.39. The molecule has 3 amide bonds. The average Bonchev–Trinajstić information content (AvgIpc) is 3.21. The molecule has 0 unspecified atom stereocenters. The van der Waals surface area contributed by atoms with Crippen molar-refractivity contribution >= 4 is 29.4 Å². The molecule has 10 nitrogen and oxygen atoms in total. The number of benzene rings is 1. The molecule has 1 aromatic heterocycles. The Morgan fingerprint density at radius 2 is 1.93 bits per heavy atom. The summed E-state index contributed by atoms with van der Waals surface area (Å²) in [6.45, 7) is 0.954. The maximum absolute atomic E-state index is 12.1. The lowest BCUT2D eigenvalue weighted by Gasteiger charge is -2.21. The largest absolute Gasteiger partial charge is 0.486 e. The second-order valence-electron chi connectivity index (χ2n) is 6.85. The van der Waals surface area contributed by atoms with Crippen LogP contribution in [0, 0.1) is 0 Å². The zero-order valence-electron chi connectivity index (χ0n) is 15.8. The summed E-state index contributed by atoms with van der Waals surface area (Å²) in [5.41, 5.74) is 0.508. The third-order valence-electron chi connectivity index (χ3n) is 4.77. The number of hydrogen-bond acceptors (Lipinski definition) is 8. The molecule has 2 aromatic rings. The smallest absolute Gasteiger partial charge is 0.325 e. The number of amides is 3. The van der Waals surface area contributed by atoms with E-state index in [-0.39, 0.29) is 11.8 Å². The molecule has 0 bridgehead atoms. The third kappa shape index (κ3) is 4.97. The first-order valence-electron chi connectivity index (χ1n) is 9.60. The first kappa shape index (κ1) is 19.5. The molecule has 1 fully saturated rings. The number of urea groups is 1. The summed E-state index contributed by atoms with van der Waals surface area (Å²) in [6, 6.07) is 4.73. The number of rotatable bonds is 5. The molecule has 11 heteroatoms. The molecule has 1 saturated carbocycles. The van der Waals surface area contributed by atoms with Crippen LogP contribution in [0.25, 0.3) is 0 Å². The zero-order chi connectivity index (χ0) is 20.1. The molecule has 29 heavy (non-hydrogen) atoms. The fourth-order valence-electron chi connectivity index (χ4n) is 3.41. The average molecular weight is 418 g/mol. The lowest BCUT2D eigenvalue weighted by molar-refractivity contribution is -0.117. The molecule has 1 aliphatic carbocycles. The summed E-state index contributed by atoms with van der Waals surface area (Å²) < 4.78 is 12.7. The number of carbonyl (C=O) groups excluding carboxylic acids is 2. The number of anilines is 1. The SMILES string of the molecule is O=C(CSc1nnnn1C1CCCCC1)NC(=O)Nc1ccc2c(c1)OCCO2. The van der Waals surface area contributed by atoms with Gasteiger partial charge in [0.2, 0.25) is 11.1 Å². The monoisotopic (exact) mass is 418 g/mol. The van der Waals surface area contributed by atoms with E-state index in [0.717, 1.165) is 25.7 Å². The number of tetrazole rings is 1. The quantitative estimate of drug-likeness (QED) is 0.710. The van der Waals surface area contributed by atoms with Crippen molar-refractivity contribution < 1.29 is 19.1 Å². The lowest BCUT2D eigenvalue weighted by Crippen LogP contribution is -2.35. The van der Waals surface area contributed by atoms with E-state index in [2.05, 4.69) is 26.2 Å². The maximum atomic E-state index is 12.1. The van der Waals surface area contributed by atoms with Crippen molar-refractivity contribution in [1.29, 1.82) is 0 Å². The van der Waals surface area contributed by atoms with E-state index < -0.39 is 11.9 Å². The highest BCUT2D eigenvalue weighted by molar-refractivity contribution is 7.99. The number of thioether (sulfide) groups is 1. The van der Waals surface area contributed by atoms with E-state index in [0.29, 0.717) is 35.6 Å². The van der Waals surface area contributed by atoms with Crippen LogP contribution in [0.4, 0.5) is 10.5 Å². The van der Waals surface area contributed by atoms with Gasteiger partial charge in [-0.05, 0) is 35.4 Å². The Kier molecular flexibility index (Phi) is 6.13. The minimum atomic E-state index is -0.612. The van der Waals surface area contributed by atoms with Gasteiger partial charge in [0.15, 0.2) is 11.5 Å². The first-order chi connectivity index (χ1) is 14.2. The molecule has 1 aromatic carbocycles. The number of nitrogens with one attached hydrogen (secondary N) is 2. The van der Waals surface area contributed by atoms with Crippen LogP contribution < -0.4 is 20.1 Å². The molecule has 154 valence electrons. The number of fused-ring (bicyclic) bond motifs is 1. The predicted molar refractivity (Wildman–Crippen MR) is 105 cm³/mol. The van der Waals surface area contributed by atoms with Crippen LogP contribution in [0.15, 0.2) is 23.4 Å². The summed E-state index contributed by atoms with van der Waals surface area (Å²) in [5.74, 6) is 0.806. The van der Waals surface area contributed by atoms with Crippen LogP contribution in [0.5, 0.6) is 11.5 Å². The van der Waals surface area contributed by atoms with Gasteiger partial charge in [0.05, 0.1) is 11.8 Å². The number of hydrogen-bond donors (Lipinski definition) is 2. The molecule has 0 radical (unpaired) electrons. The second-order valence-corrected chi connectivity index (χ2v) is 7.79. The number of nitrogens with zero attached hydrogens (tertiary/aromatic N) is 4. The van der Waals surface area contributed by atoms with Crippen molar-refractivity contribution in [3.05, 3.63) is 18.2 Å². The Hall–Kier alpha value is -2.82. The molecule has 2 heterocycles. The van der Waals surface area contributed by atoms with Crippen molar-refractivity contribution in [2.45, 2.75) is 43.3 Å². The third-order valence-corrected chi connectivity index (χ3v) is 5.70. The van der Waals surface area contributed by atoms with Crippen LogP contribution in [-0.2, 0) is 4.79 Å². The van der Waals surface area contributed by atoms with E-state index in [4.69, 9.17) is 9.47 Å². The standard InChI is InChI=1S/C18H22N6O4S/c25-16(11-29-18-21-22-23-24(18)13-4-2-1-3-5-13)20-17(26)19-12-6-7-14-15(10-12)28-9-8-27-14/h6-7,10,13H,1-5,8-9,11H2,(H2,19,20,25,26). The van der Waals surface area contributed by atoms with Crippen molar-refractivity contribution in [2.24, 2.45) is 0 Å². The van der Waals surface area contributed by atoms with E-state index >= 15 is 0 Å². The van der Waals surface area contributed by atoms with Crippen molar-refractivity contribution in [1.82, 2.24) is 25.5 Å². The Morgan fingerprint density at radius 1 is 1.14 bits per heavy atom. The lowest BCUT2D eigenvalue weighted by atomic mass is 9.96. The first-order valence-corrected chi connectivity index (χ1v) is 10.6. The number of aromatic nitrogens is 4. The molecule has 0 spiro atoms. The van der Waals surface area contributed by atoms with Gasteiger partial charge in [-0.2, -0.15) is 0 Å². The van der Waals surface area contributed by atoms with Crippen LogP contribution in [0.2, 0.25) is 0 Å². The molecule has 2 N–H and O–H groups in total. The molecule has 2 aliphatic rings. The number of carbonyl (C=O) groups is 2. The topological polar surface area (TPSA) is 120 Å². The zero-order valence-corrected chi connectivity index (χ0v) is 16.6. The van der Waals surface area contributed by atoms with E-state index in [9.17, 15) is 9.59 Å². The number of ether oxygens (including phenoxy) is 2. The van der Waals surface area contributed by atoms with Crippen molar-refractivity contribution in [3.63, 3.8) is 0 Å². The maximum Gasteiger partial charge on any atom is 0.325 e. The van der Waals surface area contributed by atoms with Crippen LogP contribution in [-0.4, -0.2) is 51.1 Å². The Balaban J connectivity index is 1.27. The Morgan fingerprint density at radius 3 is 2.76 bits per heavy atom. The fourth-order valence-corrected chi connectivity index (χ4v) is 4.16. The van der Waals surface area contributed by atoms with E-state index in [1.807, 2.05) is 0 Å². The fraction of sp³-hybridized carbons (Fsp3) is 0.500. The van der Waals surface area contributed by atoms with Crippen molar-refractivity contribution in [2.75, 3.05) is 24.3 Å². The van der Waals surface area contributed by atoms with E-state index in [1.165, 1.54) is 18.2 Å². The highest BCUT2D eigenvalue weighted by atomic mass is 32.2. The van der Waals surface area contributed by atoms with Crippen LogP contribution in [0.1, 0.15) is 38.1 Å². The highest BCUT2D eigenvalue weighted by Gasteiger charge is 2.21. The normalized spacial score (nSPS) is 16.3. The van der Waals surface area contributed by atoms with Gasteiger partial charge in [-0.3, -0.25) is 10.1 Å². The molecular weight excluding hydrogens is 396 g/mol. The molecular formula is C18H22N6O4S. The molecule has 4 rings (SSSR count). The van der Waals surface area contributed by atoms with Gasteiger partial charge < -0.3 is 14.8 Å². The summed E-state index contributed by atoms with van der Waals surface area (Å²) >= 11 is 1.22. The van der Waals surface area contributed by atoms with Gasteiger partial charge >= 0.3 is 6.03 Å². The van der Waals surface area contributed by atoms with Crippen LogP contribution in [0.3, 0.4) is 0 Å². The van der Waals surface area contributed by atoms with Gasteiger partial charge in [0.25, 0.3) is 0 Å². The van der Waals surface area contributed by atoms with Crippen LogP contribution >= 0.6 is 11.8 Å². The summed E-state index contributed by atoms with van der Waals surface area (Å²) in [4.78, 5) is 24.2. The molecule has 1 aliphatic heterocycles. The summed E-state index contributed by atoms with van der Waals surface area (Å²) in [6.07, 6.45) is 5.65. The summed E-state index contributed by atoms with van der Waals surface area (Å²) in [5, 5.41) is 17.3. The molecule has 0 atom stereocenters. The number of imide groups is 1. The van der Waals surface area contributed by atoms with Gasteiger partial charge in [-0.15, -0.1) is 5.10 Å². The minimum absolute atomic E-state index is 0.0433. The second kappa shape index (κ2) is 9.12. The summed E-state index contributed by atoms with van der Waals surface area (Å²) in [7, 11) is 0. The highest BCUT2D eigenvalue weighted by Crippen LogP contribution is 2.32. The van der Waals surface area contributed by atoms with Gasteiger partial charge in [0, 0.05) is 11.8 Å². The van der Waals surface area contributed by atoms with Gasteiger partial charge in [-0.1, -0.05) is 31.0 Å². The van der Waals surface area contributed by atoms with Crippen molar-refractivity contribution in [3.8, 4) is 11.5 Å². The Bertz CT molecular complexity index is 883. The van der Waals surface area contributed by atoms with Gasteiger partial charge in [0.1, 0.15) is 13.2 Å². The Labute approximate surface area is 171 Å². The van der Waals surface area contributed by atoms with E-state index in [1.54, 1.807) is 22.9 Å². The van der Waals surface area contributed by atoms with Gasteiger partial charge in [-0.25, -0.2) is 9.48 Å². The minimum Gasteiger partial charge on any atom is -0.486 e.